The molecule has 1 N–H and O–H groups in total. The third-order valence-corrected chi connectivity index (χ3v) is 9.01. The number of rotatable bonds is 6. The fraction of sp³-hybridized carbons (Fsp3) is 0.588. The summed E-state index contributed by atoms with van der Waals surface area (Å²) in [6.45, 7) is 2.12. The molecule has 168 valence electrons. The number of hydrogen-bond donors (Lipinski definition) is 1. The molecule has 1 aromatic carbocycles. The SMILES string of the molecule is O=C(NCCS(=O)(=O)N1CCOCC1)N1CCN(S(=O)(=O)c2ccc(Cl)cc2)CC1. The maximum atomic E-state index is 12.7. The van der Waals surface area contributed by atoms with Gasteiger partial charge in [-0.1, -0.05) is 11.6 Å². The fourth-order valence-corrected chi connectivity index (χ4v) is 6.11. The molecule has 2 aliphatic rings. The first-order chi connectivity index (χ1) is 14.2. The lowest BCUT2D eigenvalue weighted by atomic mass is 10.4. The van der Waals surface area contributed by atoms with Gasteiger partial charge in [-0.25, -0.2) is 21.6 Å². The van der Waals surface area contributed by atoms with Crippen LogP contribution in [0.1, 0.15) is 0 Å². The van der Waals surface area contributed by atoms with Gasteiger partial charge in [0.25, 0.3) is 0 Å². The lowest BCUT2D eigenvalue weighted by Gasteiger charge is -2.34. The summed E-state index contributed by atoms with van der Waals surface area (Å²) in [5, 5.41) is 3.06. The predicted molar refractivity (Wildman–Crippen MR) is 111 cm³/mol. The number of nitrogens with one attached hydrogen (secondary N) is 1. The number of benzene rings is 1. The molecule has 0 saturated carbocycles. The molecule has 13 heteroatoms. The van der Waals surface area contributed by atoms with Gasteiger partial charge >= 0.3 is 6.03 Å². The van der Waals surface area contributed by atoms with Crippen LogP contribution in [0.25, 0.3) is 0 Å². The maximum absolute atomic E-state index is 12.7. The Kier molecular flexibility index (Phi) is 7.58. The van der Waals surface area contributed by atoms with Crippen molar-refractivity contribution in [2.45, 2.75) is 4.90 Å². The van der Waals surface area contributed by atoms with Crippen LogP contribution in [0.5, 0.6) is 0 Å². The highest BCUT2D eigenvalue weighted by molar-refractivity contribution is 7.89. The molecule has 0 aliphatic carbocycles. The van der Waals surface area contributed by atoms with Crippen molar-refractivity contribution in [2.24, 2.45) is 0 Å². The molecule has 2 saturated heterocycles. The molecule has 3 rings (SSSR count). The van der Waals surface area contributed by atoms with Crippen molar-refractivity contribution in [3.63, 3.8) is 0 Å². The van der Waals surface area contributed by atoms with E-state index in [9.17, 15) is 21.6 Å². The largest absolute Gasteiger partial charge is 0.379 e. The van der Waals surface area contributed by atoms with Crippen LogP contribution in [-0.4, -0.2) is 101 Å². The summed E-state index contributed by atoms with van der Waals surface area (Å²) in [7, 11) is -7.10. The first kappa shape index (κ1) is 23.2. The van der Waals surface area contributed by atoms with Crippen LogP contribution >= 0.6 is 11.6 Å². The van der Waals surface area contributed by atoms with Crippen LogP contribution in [0.15, 0.2) is 29.2 Å². The summed E-state index contributed by atoms with van der Waals surface area (Å²) in [6.07, 6.45) is 0. The maximum Gasteiger partial charge on any atom is 0.317 e. The number of amides is 2. The van der Waals surface area contributed by atoms with Gasteiger partial charge in [0.2, 0.25) is 20.0 Å². The first-order valence-electron chi connectivity index (χ1n) is 9.54. The van der Waals surface area contributed by atoms with Gasteiger partial charge in [-0.05, 0) is 24.3 Å². The van der Waals surface area contributed by atoms with E-state index in [0.29, 0.717) is 31.3 Å². The molecule has 0 atom stereocenters. The topological polar surface area (TPSA) is 116 Å². The minimum Gasteiger partial charge on any atom is -0.379 e. The fourth-order valence-electron chi connectivity index (χ4n) is 3.24. The van der Waals surface area contributed by atoms with Crippen LogP contribution in [0.4, 0.5) is 4.79 Å². The monoisotopic (exact) mass is 480 g/mol. The molecule has 2 fully saturated rings. The number of nitrogens with zero attached hydrogens (tertiary/aromatic N) is 3. The Hall–Kier alpha value is -1.44. The standard InChI is InChI=1S/C17H25ClN4O6S2/c18-15-1-3-16(4-2-15)30(26,27)22-8-6-20(7-9-22)17(23)19-5-14-29(24,25)21-10-12-28-13-11-21/h1-4H,5-14H2,(H,19,23). The van der Waals surface area contributed by atoms with E-state index >= 15 is 0 Å². The van der Waals surface area contributed by atoms with E-state index in [2.05, 4.69) is 5.32 Å². The summed E-state index contributed by atoms with van der Waals surface area (Å²) in [5.41, 5.74) is 0. The number of urea groups is 1. The average Bonchev–Trinajstić information content (AvgIpc) is 2.74. The minimum absolute atomic E-state index is 0.0121. The van der Waals surface area contributed by atoms with Gasteiger partial charge in [0.15, 0.2) is 0 Å². The highest BCUT2D eigenvalue weighted by Gasteiger charge is 2.30. The molecule has 2 amide bonds. The third-order valence-electron chi connectivity index (χ3n) is 4.98. The van der Waals surface area contributed by atoms with Gasteiger partial charge < -0.3 is 15.0 Å². The quantitative estimate of drug-likeness (QED) is 0.613. The number of carbonyl (C=O) groups excluding carboxylic acids is 1. The molecule has 0 radical (unpaired) electrons. The second-order valence-corrected chi connectivity index (χ2v) is 11.4. The third kappa shape index (κ3) is 5.62. The van der Waals surface area contributed by atoms with Crippen molar-refractivity contribution in [1.29, 1.82) is 0 Å². The normalized spacial score (nSPS) is 19.6. The van der Waals surface area contributed by atoms with E-state index in [1.165, 1.54) is 37.8 Å². The molecule has 0 aromatic heterocycles. The second-order valence-electron chi connectivity index (χ2n) is 6.90. The number of piperazine rings is 1. The Morgan fingerprint density at radius 1 is 0.933 bits per heavy atom. The van der Waals surface area contributed by atoms with Crippen LogP contribution in [0.2, 0.25) is 5.02 Å². The van der Waals surface area contributed by atoms with Crippen LogP contribution in [0.3, 0.4) is 0 Å². The Morgan fingerprint density at radius 3 is 2.13 bits per heavy atom. The molecular weight excluding hydrogens is 456 g/mol. The molecule has 10 nitrogen and oxygen atoms in total. The van der Waals surface area contributed by atoms with E-state index in [0.717, 1.165) is 0 Å². The Labute approximate surface area is 181 Å². The van der Waals surface area contributed by atoms with Crippen LogP contribution < -0.4 is 5.32 Å². The Bertz CT molecular complexity index is 941. The molecule has 1 aromatic rings. The van der Waals surface area contributed by atoms with Crippen molar-refractivity contribution in [3.8, 4) is 0 Å². The molecule has 0 bridgehead atoms. The van der Waals surface area contributed by atoms with Gasteiger partial charge in [-0.2, -0.15) is 8.61 Å². The number of halogens is 1. The molecule has 0 spiro atoms. The van der Waals surface area contributed by atoms with E-state index in [1.807, 2.05) is 0 Å². The van der Waals surface area contributed by atoms with E-state index in [4.69, 9.17) is 16.3 Å². The second kappa shape index (κ2) is 9.79. The van der Waals surface area contributed by atoms with Gasteiger partial charge in [-0.15, -0.1) is 0 Å². The zero-order valence-corrected chi connectivity index (χ0v) is 18.8. The lowest BCUT2D eigenvalue weighted by Crippen LogP contribution is -2.53. The molecule has 30 heavy (non-hydrogen) atoms. The van der Waals surface area contributed by atoms with Crippen molar-refractivity contribution in [3.05, 3.63) is 29.3 Å². The van der Waals surface area contributed by atoms with Gasteiger partial charge in [0.05, 0.1) is 23.9 Å². The predicted octanol–water partition coefficient (Wildman–Crippen LogP) is 0.0179. The van der Waals surface area contributed by atoms with Crippen molar-refractivity contribution in [2.75, 3.05) is 64.8 Å². The van der Waals surface area contributed by atoms with E-state index in [-0.39, 0.29) is 43.4 Å². The summed E-state index contributed by atoms with van der Waals surface area (Å²) in [5.74, 6) is -0.191. The van der Waals surface area contributed by atoms with Gasteiger partial charge in [0.1, 0.15) is 0 Å². The molecule has 2 heterocycles. The highest BCUT2D eigenvalue weighted by Crippen LogP contribution is 2.19. The highest BCUT2D eigenvalue weighted by atomic mass is 35.5. The number of carbonyl (C=O) groups is 1. The summed E-state index contributed by atoms with van der Waals surface area (Å²) >= 11 is 5.81. The molecule has 0 unspecified atom stereocenters. The van der Waals surface area contributed by atoms with Crippen molar-refractivity contribution in [1.82, 2.24) is 18.8 Å². The summed E-state index contributed by atoms with van der Waals surface area (Å²) in [4.78, 5) is 14.0. The molecule has 2 aliphatic heterocycles. The summed E-state index contributed by atoms with van der Waals surface area (Å²) < 4.78 is 57.8. The Balaban J connectivity index is 1.46. The zero-order valence-electron chi connectivity index (χ0n) is 16.4. The summed E-state index contributed by atoms with van der Waals surface area (Å²) in [6, 6.07) is 5.53. The number of ether oxygens (including phenoxy) is 1. The van der Waals surface area contributed by atoms with Gasteiger partial charge in [-0.3, -0.25) is 0 Å². The van der Waals surface area contributed by atoms with Crippen LogP contribution in [-0.2, 0) is 24.8 Å². The van der Waals surface area contributed by atoms with Gasteiger partial charge in [0, 0.05) is 50.8 Å². The van der Waals surface area contributed by atoms with Crippen molar-refractivity contribution < 1.29 is 26.4 Å². The first-order valence-corrected chi connectivity index (χ1v) is 13.0. The smallest absolute Gasteiger partial charge is 0.317 e. The van der Waals surface area contributed by atoms with E-state index in [1.54, 1.807) is 0 Å². The zero-order chi connectivity index (χ0) is 21.8. The van der Waals surface area contributed by atoms with E-state index < -0.39 is 26.1 Å². The van der Waals surface area contributed by atoms with Crippen LogP contribution in [0, 0.1) is 0 Å². The number of sulfonamides is 2. The minimum atomic E-state index is -3.66. The number of hydrogen-bond acceptors (Lipinski definition) is 6. The average molecular weight is 481 g/mol. The Morgan fingerprint density at radius 2 is 1.53 bits per heavy atom. The molecular formula is C17H25ClN4O6S2. The van der Waals surface area contributed by atoms with Crippen molar-refractivity contribution >= 4 is 37.7 Å². The lowest BCUT2D eigenvalue weighted by molar-refractivity contribution is 0.0730. The number of morpholine rings is 1.